The molecular formula is C29H30F2O. The van der Waals surface area contributed by atoms with Crippen LogP contribution in [0.25, 0.3) is 22.3 Å². The first-order valence-corrected chi connectivity index (χ1v) is 11.5. The van der Waals surface area contributed by atoms with Crippen molar-refractivity contribution in [3.63, 3.8) is 0 Å². The topological polar surface area (TPSA) is 20.2 Å². The monoisotopic (exact) mass is 432 g/mol. The molecule has 0 fully saturated rings. The average molecular weight is 433 g/mol. The highest BCUT2D eigenvalue weighted by Crippen LogP contribution is 2.34. The lowest BCUT2D eigenvalue weighted by Gasteiger charge is -2.23. The Kier molecular flexibility index (Phi) is 6.86. The molecule has 1 aliphatic carbocycles. The van der Waals surface area contributed by atoms with Gasteiger partial charge in [0.25, 0.3) is 0 Å². The van der Waals surface area contributed by atoms with Gasteiger partial charge >= 0.3 is 0 Å². The molecule has 3 aromatic carbocycles. The maximum Gasteiger partial charge on any atom is 0.167 e. The molecule has 0 radical (unpaired) electrons. The molecule has 1 N–H and O–H groups in total. The molecule has 32 heavy (non-hydrogen) atoms. The summed E-state index contributed by atoms with van der Waals surface area (Å²) in [6.45, 7) is 3.67. The predicted octanol–water partition coefficient (Wildman–Crippen LogP) is 8.20. The van der Waals surface area contributed by atoms with Gasteiger partial charge in [-0.25, -0.2) is 8.78 Å². The average Bonchev–Trinajstić information content (AvgIpc) is 2.82. The summed E-state index contributed by atoms with van der Waals surface area (Å²) < 4.78 is 28.8. The van der Waals surface area contributed by atoms with Crippen molar-refractivity contribution in [1.82, 2.24) is 0 Å². The van der Waals surface area contributed by atoms with Crippen LogP contribution in [0, 0.1) is 17.6 Å². The Morgan fingerprint density at radius 2 is 1.44 bits per heavy atom. The van der Waals surface area contributed by atoms with Gasteiger partial charge in [0.1, 0.15) is 0 Å². The summed E-state index contributed by atoms with van der Waals surface area (Å²) in [5, 5.41) is 9.58. The lowest BCUT2D eigenvalue weighted by Crippen LogP contribution is -2.07. The first kappa shape index (κ1) is 22.4. The van der Waals surface area contributed by atoms with Crippen LogP contribution in [0.5, 0.6) is 0 Å². The van der Waals surface area contributed by atoms with Crippen molar-refractivity contribution in [1.29, 1.82) is 0 Å². The largest absolute Gasteiger partial charge is 0.389 e. The van der Waals surface area contributed by atoms with Crippen LogP contribution in [0.1, 0.15) is 62.7 Å². The first-order valence-electron chi connectivity index (χ1n) is 11.5. The lowest BCUT2D eigenvalue weighted by molar-refractivity contribution is 0.193. The van der Waals surface area contributed by atoms with Gasteiger partial charge in [-0.2, -0.15) is 0 Å². The Morgan fingerprint density at radius 3 is 2.00 bits per heavy atom. The fraction of sp³-hybridized carbons (Fsp3) is 0.310. The van der Waals surface area contributed by atoms with Crippen LogP contribution in [0.2, 0.25) is 0 Å². The standard InChI is InChI=1S/C29H30F2O/c1-3-4-20-5-7-21(8-6-20)22-9-11-23(12-10-22)24-13-15-25(16-14-24)27-18-17-26(19(2)32)28(30)29(27)31/h5,7,9-21,32H,3-4,6,8H2,1-2H3. The molecule has 0 aromatic heterocycles. The van der Waals surface area contributed by atoms with Gasteiger partial charge in [0.15, 0.2) is 11.6 Å². The zero-order valence-corrected chi connectivity index (χ0v) is 18.7. The quantitative estimate of drug-likeness (QED) is 0.389. The van der Waals surface area contributed by atoms with Crippen LogP contribution in [0.3, 0.4) is 0 Å². The Hall–Kier alpha value is -2.78. The van der Waals surface area contributed by atoms with Crippen molar-refractivity contribution in [3.8, 4) is 22.3 Å². The van der Waals surface area contributed by atoms with Gasteiger partial charge in [-0.15, -0.1) is 0 Å². The van der Waals surface area contributed by atoms with Crippen LogP contribution in [0.4, 0.5) is 8.78 Å². The molecule has 166 valence electrons. The number of benzene rings is 3. The van der Waals surface area contributed by atoms with Crippen molar-refractivity contribution in [2.24, 2.45) is 5.92 Å². The predicted molar refractivity (Wildman–Crippen MR) is 127 cm³/mol. The summed E-state index contributed by atoms with van der Waals surface area (Å²) in [7, 11) is 0. The number of allylic oxidation sites excluding steroid dienone is 2. The van der Waals surface area contributed by atoms with E-state index < -0.39 is 17.7 Å². The molecule has 3 aromatic rings. The smallest absolute Gasteiger partial charge is 0.167 e. The first-order chi connectivity index (χ1) is 15.5. The number of rotatable bonds is 6. The van der Waals surface area contributed by atoms with Crippen molar-refractivity contribution in [2.75, 3.05) is 0 Å². The van der Waals surface area contributed by atoms with E-state index in [2.05, 4.69) is 43.3 Å². The number of hydrogen-bond donors (Lipinski definition) is 1. The van der Waals surface area contributed by atoms with E-state index in [0.29, 0.717) is 11.5 Å². The Balaban J connectivity index is 1.50. The number of hydrogen-bond acceptors (Lipinski definition) is 1. The maximum atomic E-state index is 14.5. The normalized spacial score (nSPS) is 19.2. The van der Waals surface area contributed by atoms with E-state index in [4.69, 9.17) is 0 Å². The van der Waals surface area contributed by atoms with Crippen LogP contribution in [-0.2, 0) is 0 Å². The van der Waals surface area contributed by atoms with Gasteiger partial charge in [0.05, 0.1) is 6.10 Å². The van der Waals surface area contributed by atoms with Crippen molar-refractivity contribution in [2.45, 2.75) is 51.6 Å². The van der Waals surface area contributed by atoms with Crippen molar-refractivity contribution in [3.05, 3.63) is 95.6 Å². The van der Waals surface area contributed by atoms with Gasteiger partial charge < -0.3 is 5.11 Å². The number of aliphatic hydroxyl groups excluding tert-OH is 1. The highest BCUT2D eigenvalue weighted by Gasteiger charge is 2.18. The molecular weight excluding hydrogens is 402 g/mol. The van der Waals surface area contributed by atoms with E-state index >= 15 is 0 Å². The third-order valence-electron chi connectivity index (χ3n) is 6.55. The molecule has 4 rings (SSSR count). The summed E-state index contributed by atoms with van der Waals surface area (Å²) in [6.07, 6.45) is 8.68. The van der Waals surface area contributed by atoms with E-state index in [0.717, 1.165) is 17.0 Å². The minimum Gasteiger partial charge on any atom is -0.389 e. The molecule has 1 nitrogen and oxygen atoms in total. The minimum atomic E-state index is -1.05. The van der Waals surface area contributed by atoms with E-state index in [1.165, 1.54) is 50.3 Å². The SMILES string of the molecule is CCCC1C=CC(c2ccc(-c3ccc(-c4ccc(C(C)O)c(F)c4F)cc3)cc2)CC1. The summed E-state index contributed by atoms with van der Waals surface area (Å²) in [5.41, 5.74) is 4.24. The summed E-state index contributed by atoms with van der Waals surface area (Å²) in [6, 6.07) is 19.1. The zero-order valence-electron chi connectivity index (χ0n) is 18.7. The fourth-order valence-electron chi connectivity index (χ4n) is 4.64. The van der Waals surface area contributed by atoms with Gasteiger partial charge in [-0.1, -0.05) is 86.2 Å². The molecule has 0 saturated heterocycles. The van der Waals surface area contributed by atoms with Crippen LogP contribution in [-0.4, -0.2) is 5.11 Å². The number of aliphatic hydroxyl groups is 1. The molecule has 0 aliphatic heterocycles. The Morgan fingerprint density at radius 1 is 0.812 bits per heavy atom. The third-order valence-corrected chi connectivity index (χ3v) is 6.55. The minimum absolute atomic E-state index is 0.0309. The molecule has 0 bridgehead atoms. The maximum absolute atomic E-state index is 14.5. The highest BCUT2D eigenvalue weighted by atomic mass is 19.2. The molecule has 0 heterocycles. The van der Waals surface area contributed by atoms with Crippen LogP contribution in [0.15, 0.2) is 72.8 Å². The van der Waals surface area contributed by atoms with Gasteiger partial charge in [-0.05, 0) is 54.4 Å². The van der Waals surface area contributed by atoms with Crippen molar-refractivity contribution < 1.29 is 13.9 Å². The summed E-state index contributed by atoms with van der Waals surface area (Å²) in [5.74, 6) is -0.699. The van der Waals surface area contributed by atoms with Gasteiger partial charge in [0.2, 0.25) is 0 Å². The molecule has 3 unspecified atom stereocenters. The summed E-state index contributed by atoms with van der Waals surface area (Å²) >= 11 is 0. The fourth-order valence-corrected chi connectivity index (χ4v) is 4.64. The van der Waals surface area contributed by atoms with Gasteiger partial charge in [-0.3, -0.25) is 0 Å². The molecule has 3 atom stereocenters. The lowest BCUT2D eigenvalue weighted by atomic mass is 9.82. The molecule has 0 saturated carbocycles. The van der Waals surface area contributed by atoms with E-state index in [1.54, 1.807) is 12.1 Å². The van der Waals surface area contributed by atoms with E-state index in [-0.39, 0.29) is 11.1 Å². The van der Waals surface area contributed by atoms with Crippen LogP contribution < -0.4 is 0 Å². The molecule has 1 aliphatic rings. The number of halogens is 2. The second-order valence-electron chi connectivity index (χ2n) is 8.82. The zero-order chi connectivity index (χ0) is 22.7. The molecule has 3 heteroatoms. The second-order valence-corrected chi connectivity index (χ2v) is 8.82. The highest BCUT2D eigenvalue weighted by molar-refractivity contribution is 5.71. The van der Waals surface area contributed by atoms with E-state index in [1.807, 2.05) is 12.1 Å². The summed E-state index contributed by atoms with van der Waals surface area (Å²) in [4.78, 5) is 0. The van der Waals surface area contributed by atoms with Gasteiger partial charge in [0, 0.05) is 17.0 Å². The van der Waals surface area contributed by atoms with E-state index in [9.17, 15) is 13.9 Å². The molecule has 0 amide bonds. The van der Waals surface area contributed by atoms with Crippen LogP contribution >= 0.6 is 0 Å². The molecule has 0 spiro atoms. The Bertz CT molecular complexity index is 1080. The Labute approximate surface area is 189 Å². The van der Waals surface area contributed by atoms with Crippen molar-refractivity contribution >= 4 is 0 Å². The third kappa shape index (κ3) is 4.68. The second kappa shape index (κ2) is 9.79.